The van der Waals surface area contributed by atoms with Crippen LogP contribution in [0.2, 0.25) is 0 Å². The molecule has 0 spiro atoms. The Morgan fingerprint density at radius 2 is 2.22 bits per heavy atom. The second-order valence-corrected chi connectivity index (χ2v) is 7.98. The molecule has 0 bridgehead atoms. The van der Waals surface area contributed by atoms with E-state index in [2.05, 4.69) is 20.6 Å². The number of aromatic nitrogens is 1. The second kappa shape index (κ2) is 8.47. The zero-order chi connectivity index (χ0) is 16.8. The number of nitrogens with one attached hydrogen (secondary N) is 2. The molecule has 1 fully saturated rings. The van der Waals surface area contributed by atoms with Crippen LogP contribution < -0.4 is 10.6 Å². The fourth-order valence-electron chi connectivity index (χ4n) is 2.91. The minimum atomic E-state index is -0.710. The van der Waals surface area contributed by atoms with E-state index in [1.165, 1.54) is 0 Å². The molecule has 6 nitrogen and oxygen atoms in total. The van der Waals surface area contributed by atoms with Crippen molar-refractivity contribution in [1.82, 2.24) is 15.6 Å². The number of rotatable bonds is 5. The lowest BCUT2D eigenvalue weighted by Gasteiger charge is -2.30. The number of nitrogens with zero attached hydrogens (tertiary/aromatic N) is 2. The first-order chi connectivity index (χ1) is 11.0. The third-order valence-electron chi connectivity index (χ3n) is 4.33. The average Bonchev–Trinajstić information content (AvgIpc) is 2.89. The van der Waals surface area contributed by atoms with Gasteiger partial charge < -0.3 is 15.1 Å². The molecule has 3 unspecified atom stereocenters. The molecule has 1 aromatic heterocycles. The van der Waals surface area contributed by atoms with Gasteiger partial charge in [0.15, 0.2) is 5.96 Å². The largest absolute Gasteiger partial charge is 0.444 e. The molecular formula is C16H28N4O2S. The van der Waals surface area contributed by atoms with Crippen LogP contribution in [0.25, 0.3) is 0 Å². The summed E-state index contributed by atoms with van der Waals surface area (Å²) in [6.07, 6.45) is 4.22. The van der Waals surface area contributed by atoms with Gasteiger partial charge in [-0.05, 0) is 33.1 Å². The zero-order valence-corrected chi connectivity index (χ0v) is 15.3. The monoisotopic (exact) mass is 340 g/mol. The molecule has 2 rings (SSSR count). The van der Waals surface area contributed by atoms with Gasteiger partial charge in [0.25, 0.3) is 0 Å². The van der Waals surface area contributed by atoms with Crippen molar-refractivity contribution in [1.29, 1.82) is 0 Å². The Morgan fingerprint density at radius 1 is 1.43 bits per heavy atom. The molecular weight excluding hydrogens is 312 g/mol. The van der Waals surface area contributed by atoms with Crippen LogP contribution in [-0.2, 0) is 17.3 Å². The summed E-state index contributed by atoms with van der Waals surface area (Å²) in [6, 6.07) is 0.323. The molecule has 1 aromatic rings. The lowest BCUT2D eigenvalue weighted by Crippen LogP contribution is -2.46. The summed E-state index contributed by atoms with van der Waals surface area (Å²) in [6.45, 7) is 6.35. The van der Waals surface area contributed by atoms with E-state index in [4.69, 9.17) is 4.42 Å². The Balaban J connectivity index is 1.85. The van der Waals surface area contributed by atoms with Crippen LogP contribution >= 0.6 is 0 Å². The van der Waals surface area contributed by atoms with Gasteiger partial charge in [-0.25, -0.2) is 4.98 Å². The average molecular weight is 340 g/mol. The molecule has 0 amide bonds. The fraction of sp³-hybridized carbons (Fsp3) is 0.750. The Kier molecular flexibility index (Phi) is 6.62. The molecule has 130 valence electrons. The van der Waals surface area contributed by atoms with E-state index in [0.717, 1.165) is 48.8 Å². The highest BCUT2D eigenvalue weighted by Gasteiger charge is 2.26. The molecule has 1 aliphatic rings. The highest BCUT2D eigenvalue weighted by molar-refractivity contribution is 7.85. The van der Waals surface area contributed by atoms with E-state index in [-0.39, 0.29) is 0 Å². The van der Waals surface area contributed by atoms with E-state index in [1.807, 2.05) is 20.8 Å². The van der Waals surface area contributed by atoms with E-state index < -0.39 is 10.8 Å². The van der Waals surface area contributed by atoms with Crippen molar-refractivity contribution in [2.24, 2.45) is 4.99 Å². The summed E-state index contributed by atoms with van der Waals surface area (Å²) in [7, 11) is 1.05. The summed E-state index contributed by atoms with van der Waals surface area (Å²) in [5.74, 6) is 3.00. The summed E-state index contributed by atoms with van der Waals surface area (Å²) < 4.78 is 17.6. The Labute approximate surface area is 141 Å². The van der Waals surface area contributed by atoms with Gasteiger partial charge >= 0.3 is 0 Å². The lowest BCUT2D eigenvalue weighted by atomic mass is 9.95. The summed E-state index contributed by atoms with van der Waals surface area (Å²) in [4.78, 5) is 8.62. The van der Waals surface area contributed by atoms with Gasteiger partial charge in [-0.2, -0.15) is 0 Å². The molecule has 1 saturated carbocycles. The van der Waals surface area contributed by atoms with Crippen LogP contribution in [0.4, 0.5) is 0 Å². The van der Waals surface area contributed by atoms with Crippen LogP contribution in [0.5, 0.6) is 0 Å². The van der Waals surface area contributed by atoms with Crippen molar-refractivity contribution in [3.63, 3.8) is 0 Å². The summed E-state index contributed by atoms with van der Waals surface area (Å²) >= 11 is 0. The number of guanidine groups is 1. The van der Waals surface area contributed by atoms with Crippen molar-refractivity contribution in [2.75, 3.05) is 12.8 Å². The number of aryl methyl sites for hydroxylation is 2. The summed E-state index contributed by atoms with van der Waals surface area (Å²) in [5.41, 5.74) is 0.918. The standard InChI is InChI=1S/C16H28N4O2S/c1-5-23(21)14-8-6-7-13(9-14)20-16(17-4)18-10-15-19-11(2)12(3)22-15/h13-14H,5-10H2,1-4H3,(H2,17,18,20). The SMILES string of the molecule is CCS(=O)C1CCCC(NC(=NC)NCc2nc(C)c(C)o2)C1. The minimum absolute atomic E-state index is 0.307. The molecule has 2 N–H and O–H groups in total. The fourth-order valence-corrected chi connectivity index (χ4v) is 4.26. The van der Waals surface area contributed by atoms with Gasteiger partial charge in [0.1, 0.15) is 5.76 Å². The number of aliphatic imine (C=N–C) groups is 1. The van der Waals surface area contributed by atoms with Crippen molar-refractivity contribution < 1.29 is 8.63 Å². The molecule has 3 atom stereocenters. The Morgan fingerprint density at radius 3 is 2.83 bits per heavy atom. The maximum Gasteiger partial charge on any atom is 0.214 e. The van der Waals surface area contributed by atoms with E-state index in [0.29, 0.717) is 23.7 Å². The van der Waals surface area contributed by atoms with Gasteiger partial charge in [-0.15, -0.1) is 0 Å². The predicted octanol–water partition coefficient (Wildman–Crippen LogP) is 2.04. The van der Waals surface area contributed by atoms with Gasteiger partial charge in [-0.1, -0.05) is 13.3 Å². The lowest BCUT2D eigenvalue weighted by molar-refractivity contribution is 0.411. The van der Waals surface area contributed by atoms with Crippen molar-refractivity contribution >= 4 is 16.8 Å². The van der Waals surface area contributed by atoms with Gasteiger partial charge in [0.05, 0.1) is 12.2 Å². The van der Waals surface area contributed by atoms with Crippen LogP contribution in [0, 0.1) is 13.8 Å². The number of oxazole rings is 1. The molecule has 0 radical (unpaired) electrons. The number of hydrogen-bond donors (Lipinski definition) is 2. The zero-order valence-electron chi connectivity index (χ0n) is 14.5. The topological polar surface area (TPSA) is 79.5 Å². The third kappa shape index (κ3) is 5.06. The molecule has 7 heteroatoms. The minimum Gasteiger partial charge on any atom is -0.444 e. The maximum absolute atomic E-state index is 12.0. The first-order valence-electron chi connectivity index (χ1n) is 8.30. The van der Waals surface area contributed by atoms with Gasteiger partial charge in [0.2, 0.25) is 5.89 Å². The molecule has 1 heterocycles. The maximum atomic E-state index is 12.0. The predicted molar refractivity (Wildman–Crippen MR) is 94.0 cm³/mol. The normalized spacial score (nSPS) is 23.6. The van der Waals surface area contributed by atoms with Crippen molar-refractivity contribution in [3.05, 3.63) is 17.3 Å². The Hall–Kier alpha value is -1.37. The van der Waals surface area contributed by atoms with Crippen LogP contribution in [0.3, 0.4) is 0 Å². The molecule has 23 heavy (non-hydrogen) atoms. The highest BCUT2D eigenvalue weighted by Crippen LogP contribution is 2.23. The van der Waals surface area contributed by atoms with Crippen LogP contribution in [-0.4, -0.2) is 39.2 Å². The van der Waals surface area contributed by atoms with Gasteiger partial charge in [0, 0.05) is 34.9 Å². The van der Waals surface area contributed by atoms with Crippen LogP contribution in [0.15, 0.2) is 9.41 Å². The Bertz CT molecular complexity index is 551. The number of hydrogen-bond acceptors (Lipinski definition) is 4. The molecule has 1 aliphatic carbocycles. The van der Waals surface area contributed by atoms with E-state index in [9.17, 15) is 4.21 Å². The molecule has 0 aliphatic heterocycles. The first-order valence-corrected chi connectivity index (χ1v) is 9.69. The smallest absolute Gasteiger partial charge is 0.214 e. The molecule has 0 aromatic carbocycles. The van der Waals surface area contributed by atoms with E-state index >= 15 is 0 Å². The second-order valence-electron chi connectivity index (χ2n) is 5.97. The highest BCUT2D eigenvalue weighted by atomic mass is 32.2. The quantitative estimate of drug-likeness (QED) is 0.633. The van der Waals surface area contributed by atoms with E-state index in [1.54, 1.807) is 7.05 Å². The van der Waals surface area contributed by atoms with Crippen molar-refractivity contribution in [2.45, 2.75) is 64.3 Å². The van der Waals surface area contributed by atoms with Gasteiger partial charge in [-0.3, -0.25) is 9.20 Å². The summed E-state index contributed by atoms with van der Waals surface area (Å²) in [5, 5.41) is 6.99. The molecule has 0 saturated heterocycles. The van der Waals surface area contributed by atoms with Crippen LogP contribution in [0.1, 0.15) is 50.0 Å². The third-order valence-corrected chi connectivity index (χ3v) is 6.07. The first kappa shape index (κ1) is 18.0. The van der Waals surface area contributed by atoms with Crippen molar-refractivity contribution in [3.8, 4) is 0 Å².